The van der Waals surface area contributed by atoms with Crippen LogP contribution in [0.25, 0.3) is 5.69 Å². The van der Waals surface area contributed by atoms with Crippen molar-refractivity contribution < 1.29 is 18.7 Å². The van der Waals surface area contributed by atoms with Crippen LogP contribution in [0.5, 0.6) is 5.75 Å². The van der Waals surface area contributed by atoms with E-state index < -0.39 is 11.5 Å². The third kappa shape index (κ3) is 3.94. The van der Waals surface area contributed by atoms with Crippen LogP contribution in [0.3, 0.4) is 0 Å². The fourth-order valence-corrected chi connectivity index (χ4v) is 5.35. The number of benzene rings is 1. The first-order valence-electron chi connectivity index (χ1n) is 10.4. The number of carbonyl (C=O) groups excluding carboxylic acids is 1. The number of aromatic nitrogens is 2. The molecule has 1 unspecified atom stereocenters. The minimum absolute atomic E-state index is 0.173. The summed E-state index contributed by atoms with van der Waals surface area (Å²) < 4.78 is 11.3. The number of H-pyrrole nitrogens is 1. The summed E-state index contributed by atoms with van der Waals surface area (Å²) in [6.45, 7) is 6.69. The first-order chi connectivity index (χ1) is 15.2. The van der Waals surface area contributed by atoms with E-state index in [1.54, 1.807) is 31.4 Å². The Balaban J connectivity index is 1.65. The van der Waals surface area contributed by atoms with Crippen LogP contribution >= 0.6 is 11.3 Å². The van der Waals surface area contributed by atoms with Crippen LogP contribution in [0.1, 0.15) is 53.7 Å². The minimum atomic E-state index is -0.800. The zero-order valence-corrected chi connectivity index (χ0v) is 19.3. The number of carbonyl (C=O) groups is 1. The largest absolute Gasteiger partial charge is 0.497 e. The van der Waals surface area contributed by atoms with Gasteiger partial charge in [-0.05, 0) is 58.2 Å². The van der Waals surface area contributed by atoms with E-state index in [9.17, 15) is 14.9 Å². The summed E-state index contributed by atoms with van der Waals surface area (Å²) in [5.41, 5.74) is 1.19. The van der Waals surface area contributed by atoms with E-state index in [2.05, 4.69) is 37.4 Å². The van der Waals surface area contributed by atoms with Gasteiger partial charge < -0.3 is 10.1 Å². The van der Waals surface area contributed by atoms with E-state index in [0.717, 1.165) is 29.7 Å². The number of methoxy groups -OCH3 is 1. The Bertz CT molecular complexity index is 1260. The molecule has 1 atom stereocenters. The Kier molecular flexibility index (Phi) is 5.65. The van der Waals surface area contributed by atoms with Gasteiger partial charge >= 0.3 is 17.2 Å². The average molecular weight is 454 g/mol. The van der Waals surface area contributed by atoms with Crippen LogP contribution in [0.4, 0.5) is 5.00 Å². The molecule has 2 N–H and O–H groups in total. The maximum Gasteiger partial charge on any atom is 0.441 e. The summed E-state index contributed by atoms with van der Waals surface area (Å²) >= 11 is 1.42. The number of amides is 1. The molecule has 8 nitrogen and oxygen atoms in total. The SMILES string of the molecule is COc1ccc(-[n+]2[nH]oc(=O)c2C(=O)Nc2sc3c(c2C#N)CCC(C(C)(C)C)C3)cc1. The molecule has 1 amide bonds. The van der Waals surface area contributed by atoms with E-state index >= 15 is 0 Å². The number of nitrogens with zero attached hydrogens (tertiary/aromatic N) is 2. The highest BCUT2D eigenvalue weighted by Crippen LogP contribution is 2.44. The van der Waals surface area contributed by atoms with Crippen molar-refractivity contribution in [3.8, 4) is 17.5 Å². The lowest BCUT2D eigenvalue weighted by Crippen LogP contribution is -2.42. The number of hydrogen-bond acceptors (Lipinski definition) is 6. The van der Waals surface area contributed by atoms with Crippen molar-refractivity contribution in [1.82, 2.24) is 5.27 Å². The molecule has 2 aromatic heterocycles. The zero-order chi connectivity index (χ0) is 23.0. The van der Waals surface area contributed by atoms with Crippen LogP contribution in [-0.2, 0) is 12.8 Å². The molecule has 0 fully saturated rings. The molecule has 9 heteroatoms. The molecular formula is C23H25N4O4S+. The number of fused-ring (bicyclic) bond motifs is 1. The van der Waals surface area contributed by atoms with Crippen LogP contribution in [0.15, 0.2) is 33.6 Å². The molecule has 32 heavy (non-hydrogen) atoms. The number of thiophene rings is 1. The van der Waals surface area contributed by atoms with E-state index in [0.29, 0.717) is 27.9 Å². The number of nitrogens with one attached hydrogen (secondary N) is 2. The maximum atomic E-state index is 13.1. The molecule has 0 spiro atoms. The van der Waals surface area contributed by atoms with Gasteiger partial charge in [0.05, 0.1) is 12.7 Å². The van der Waals surface area contributed by atoms with Gasteiger partial charge in [0, 0.05) is 17.0 Å². The second-order valence-corrected chi connectivity index (χ2v) is 10.0. The number of rotatable bonds is 4. The Morgan fingerprint density at radius 3 is 2.69 bits per heavy atom. The van der Waals surface area contributed by atoms with Gasteiger partial charge in [-0.25, -0.2) is 4.79 Å². The summed E-state index contributed by atoms with van der Waals surface area (Å²) in [5, 5.41) is 15.5. The number of nitriles is 1. The van der Waals surface area contributed by atoms with Gasteiger partial charge in [-0.1, -0.05) is 20.8 Å². The van der Waals surface area contributed by atoms with Crippen LogP contribution in [0, 0.1) is 22.7 Å². The first-order valence-corrected chi connectivity index (χ1v) is 11.2. The van der Waals surface area contributed by atoms with Gasteiger partial charge in [0.25, 0.3) is 0 Å². The maximum absolute atomic E-state index is 13.1. The van der Waals surface area contributed by atoms with Crippen molar-refractivity contribution in [1.29, 1.82) is 5.26 Å². The first kappa shape index (κ1) is 21.8. The second kappa shape index (κ2) is 8.28. The quantitative estimate of drug-likeness (QED) is 0.587. The van der Waals surface area contributed by atoms with Crippen molar-refractivity contribution in [3.05, 3.63) is 56.4 Å². The molecule has 0 radical (unpaired) electrons. The molecule has 0 bridgehead atoms. The highest BCUT2D eigenvalue weighted by molar-refractivity contribution is 7.16. The third-order valence-corrected chi connectivity index (χ3v) is 7.19. The van der Waals surface area contributed by atoms with Gasteiger partial charge in [-0.15, -0.1) is 11.3 Å². The molecular weight excluding hydrogens is 428 g/mol. The fraction of sp³-hybridized carbons (Fsp3) is 0.391. The molecule has 0 saturated carbocycles. The van der Waals surface area contributed by atoms with Crippen LogP contribution in [0.2, 0.25) is 0 Å². The fourth-order valence-electron chi connectivity index (χ4n) is 4.07. The molecule has 1 aliphatic rings. The molecule has 3 aromatic rings. The molecule has 0 aliphatic heterocycles. The summed E-state index contributed by atoms with van der Waals surface area (Å²) in [4.78, 5) is 26.5. The lowest BCUT2D eigenvalue weighted by molar-refractivity contribution is -0.672. The number of aromatic amines is 1. The van der Waals surface area contributed by atoms with E-state index in [-0.39, 0.29) is 11.1 Å². The van der Waals surface area contributed by atoms with Crippen molar-refractivity contribution in [2.75, 3.05) is 12.4 Å². The monoisotopic (exact) mass is 453 g/mol. The van der Waals surface area contributed by atoms with Gasteiger partial charge in [-0.3, -0.25) is 9.32 Å². The number of ether oxygens (including phenoxy) is 1. The van der Waals surface area contributed by atoms with Crippen molar-refractivity contribution in [2.45, 2.75) is 40.0 Å². The predicted molar refractivity (Wildman–Crippen MR) is 119 cm³/mol. The molecule has 2 heterocycles. The topological polar surface area (TPSA) is 112 Å². The number of hydrogen-bond donors (Lipinski definition) is 2. The lowest BCUT2D eigenvalue weighted by atomic mass is 9.72. The predicted octanol–water partition coefficient (Wildman–Crippen LogP) is 3.59. The Morgan fingerprint density at radius 1 is 1.34 bits per heavy atom. The molecule has 1 aliphatic carbocycles. The molecule has 1 aromatic carbocycles. The van der Waals surface area contributed by atoms with Gasteiger partial charge in [0.15, 0.2) is 0 Å². The third-order valence-electron chi connectivity index (χ3n) is 6.02. The molecule has 0 saturated heterocycles. The number of anilines is 1. The van der Waals surface area contributed by atoms with Crippen LogP contribution in [-0.4, -0.2) is 18.3 Å². The highest BCUT2D eigenvalue weighted by Gasteiger charge is 2.35. The Hall–Kier alpha value is -3.38. The smallest absolute Gasteiger partial charge is 0.441 e. The highest BCUT2D eigenvalue weighted by atomic mass is 32.1. The summed E-state index contributed by atoms with van der Waals surface area (Å²) in [5.74, 6) is 0.513. The van der Waals surface area contributed by atoms with Crippen molar-refractivity contribution >= 4 is 22.2 Å². The summed E-state index contributed by atoms with van der Waals surface area (Å²) in [7, 11) is 1.55. The lowest BCUT2D eigenvalue weighted by Gasteiger charge is -2.33. The van der Waals surface area contributed by atoms with E-state index in [1.807, 2.05) is 0 Å². The standard InChI is InChI=1S/C23H24N4O4S/c1-23(2,3)13-5-10-16-17(12-24)21(32-18(16)11-13)25-20(28)19-22(29)31-26-27(19)14-6-8-15(30-4)9-7-14/h6-9,13H,5,10-11H2,1-4H3,(H-,25,26,28,29)/p+1. The normalized spacial score (nSPS) is 15.7. The second-order valence-electron chi connectivity index (χ2n) is 8.94. The van der Waals surface area contributed by atoms with Crippen LogP contribution < -0.4 is 20.4 Å². The van der Waals surface area contributed by atoms with Gasteiger partial charge in [-0.2, -0.15) is 5.26 Å². The summed E-state index contributed by atoms with van der Waals surface area (Å²) in [6.07, 6.45) is 2.70. The Morgan fingerprint density at radius 2 is 2.06 bits per heavy atom. The zero-order valence-electron chi connectivity index (χ0n) is 18.4. The summed E-state index contributed by atoms with van der Waals surface area (Å²) in [6, 6.07) is 9.05. The molecule has 4 rings (SSSR count). The minimum Gasteiger partial charge on any atom is -0.497 e. The van der Waals surface area contributed by atoms with Gasteiger partial charge in [0.1, 0.15) is 16.8 Å². The Labute approximate surface area is 189 Å². The van der Waals surface area contributed by atoms with Crippen molar-refractivity contribution in [2.24, 2.45) is 11.3 Å². The van der Waals surface area contributed by atoms with Crippen molar-refractivity contribution in [3.63, 3.8) is 0 Å². The van der Waals surface area contributed by atoms with E-state index in [1.165, 1.54) is 16.0 Å². The van der Waals surface area contributed by atoms with E-state index in [4.69, 9.17) is 9.26 Å². The average Bonchev–Trinajstić information content (AvgIpc) is 3.32. The molecule has 166 valence electrons. The van der Waals surface area contributed by atoms with Gasteiger partial charge in [0.2, 0.25) is 5.69 Å².